The van der Waals surface area contributed by atoms with Crippen molar-refractivity contribution < 1.29 is 4.39 Å². The first-order valence-corrected chi connectivity index (χ1v) is 8.55. The van der Waals surface area contributed by atoms with E-state index < -0.39 is 5.95 Å². The molecule has 0 spiro atoms. The second-order valence-electron chi connectivity index (χ2n) is 4.93. The third-order valence-corrected chi connectivity index (χ3v) is 5.76. The number of halogens is 1. The van der Waals surface area contributed by atoms with Gasteiger partial charge in [-0.3, -0.25) is 0 Å². The van der Waals surface area contributed by atoms with Crippen LogP contribution in [-0.2, 0) is 0 Å². The molecule has 4 rings (SSSR count). The quantitative estimate of drug-likeness (QED) is 0.403. The molecule has 0 amide bonds. The Morgan fingerprint density at radius 2 is 1.87 bits per heavy atom. The van der Waals surface area contributed by atoms with Crippen LogP contribution < -0.4 is 5.56 Å². The summed E-state index contributed by atoms with van der Waals surface area (Å²) in [6.07, 6.45) is 3.11. The molecular formula is C17H10FN3OSe. The van der Waals surface area contributed by atoms with Gasteiger partial charge in [0.25, 0.3) is 0 Å². The van der Waals surface area contributed by atoms with Crippen molar-refractivity contribution in [3.8, 4) is 16.9 Å². The maximum atomic E-state index is 13.1. The van der Waals surface area contributed by atoms with Gasteiger partial charge in [-0.2, -0.15) is 0 Å². The molecule has 0 radical (unpaired) electrons. The van der Waals surface area contributed by atoms with E-state index in [4.69, 9.17) is 0 Å². The Morgan fingerprint density at radius 1 is 1.00 bits per heavy atom. The molecule has 3 heterocycles. The maximum absolute atomic E-state index is 13.1. The minimum atomic E-state index is -0.534. The molecule has 3 aromatic heterocycles. The van der Waals surface area contributed by atoms with Gasteiger partial charge in [0.1, 0.15) is 0 Å². The number of aromatic nitrogens is 3. The van der Waals surface area contributed by atoms with Crippen molar-refractivity contribution in [3.63, 3.8) is 0 Å². The van der Waals surface area contributed by atoms with Crippen LogP contribution in [0.4, 0.5) is 4.39 Å². The average Bonchev–Trinajstić information content (AvgIpc) is 2.93. The van der Waals surface area contributed by atoms with Crippen molar-refractivity contribution in [1.82, 2.24) is 13.5 Å². The second kappa shape index (κ2) is 5.57. The molecule has 112 valence electrons. The summed E-state index contributed by atoms with van der Waals surface area (Å²) in [7, 11) is 0. The number of rotatable bonds is 2. The van der Waals surface area contributed by atoms with Gasteiger partial charge >= 0.3 is 136 Å². The molecular weight excluding hydrogens is 360 g/mol. The van der Waals surface area contributed by atoms with Gasteiger partial charge in [-0.25, -0.2) is 0 Å². The first-order chi connectivity index (χ1) is 11.2. The Kier molecular flexibility index (Phi) is 3.41. The molecule has 0 aliphatic heterocycles. The molecule has 6 heteroatoms. The normalized spacial score (nSPS) is 11.0. The van der Waals surface area contributed by atoms with Crippen LogP contribution in [0.15, 0.2) is 65.7 Å². The van der Waals surface area contributed by atoms with E-state index in [9.17, 15) is 9.18 Å². The number of pyridine rings is 2. The molecule has 0 aliphatic carbocycles. The average molecular weight is 370 g/mol. The summed E-state index contributed by atoms with van der Waals surface area (Å²) < 4.78 is 15.8. The van der Waals surface area contributed by atoms with Gasteiger partial charge in [0.2, 0.25) is 0 Å². The molecule has 0 unspecified atom stereocenters. The molecule has 4 nitrogen and oxygen atoms in total. The van der Waals surface area contributed by atoms with Crippen LogP contribution in [-0.4, -0.2) is 28.3 Å². The predicted molar refractivity (Wildman–Crippen MR) is 87.5 cm³/mol. The molecule has 23 heavy (non-hydrogen) atoms. The van der Waals surface area contributed by atoms with Gasteiger partial charge in [0, 0.05) is 0 Å². The van der Waals surface area contributed by atoms with Gasteiger partial charge < -0.3 is 0 Å². The van der Waals surface area contributed by atoms with Crippen molar-refractivity contribution in [3.05, 3.63) is 77.2 Å². The number of fused-ring (bicyclic) bond motifs is 1. The van der Waals surface area contributed by atoms with Gasteiger partial charge in [-0.15, -0.1) is 0 Å². The molecule has 0 bridgehead atoms. The Balaban J connectivity index is 1.97. The van der Waals surface area contributed by atoms with Crippen molar-refractivity contribution in [2.24, 2.45) is 0 Å². The monoisotopic (exact) mass is 371 g/mol. The summed E-state index contributed by atoms with van der Waals surface area (Å²) in [6.45, 7) is 0. The molecule has 0 N–H and O–H groups in total. The molecule has 0 saturated carbocycles. The first kappa shape index (κ1) is 14.1. The van der Waals surface area contributed by atoms with Gasteiger partial charge in [0.15, 0.2) is 0 Å². The summed E-state index contributed by atoms with van der Waals surface area (Å²) in [6, 6.07) is 14.2. The fourth-order valence-electron chi connectivity index (χ4n) is 2.43. The van der Waals surface area contributed by atoms with E-state index in [0.717, 1.165) is 20.8 Å². The van der Waals surface area contributed by atoms with Crippen LogP contribution in [0, 0.1) is 5.95 Å². The predicted octanol–water partition coefficient (Wildman–Crippen LogP) is 2.64. The topological polar surface area (TPSA) is 47.8 Å². The van der Waals surface area contributed by atoms with Crippen LogP contribution in [0.3, 0.4) is 0 Å². The van der Waals surface area contributed by atoms with E-state index in [1.165, 1.54) is 12.3 Å². The third-order valence-electron chi connectivity index (χ3n) is 3.51. The SMILES string of the molecule is O=c1c2ccccc2[se]n1-c1ncccc1-c1ccc(F)nc1. The van der Waals surface area contributed by atoms with E-state index in [1.54, 1.807) is 21.9 Å². The first-order valence-electron chi connectivity index (χ1n) is 6.92. The zero-order valence-corrected chi connectivity index (χ0v) is 13.5. The fraction of sp³-hybridized carbons (Fsp3) is 0. The van der Waals surface area contributed by atoms with Crippen molar-refractivity contribution in [2.75, 3.05) is 0 Å². The van der Waals surface area contributed by atoms with Crippen LogP contribution in [0.2, 0.25) is 0 Å². The van der Waals surface area contributed by atoms with Crippen LogP contribution >= 0.6 is 0 Å². The van der Waals surface area contributed by atoms with E-state index in [1.807, 2.05) is 30.3 Å². The molecule has 1 aromatic carbocycles. The minimum absolute atomic E-state index is 0.0457. The summed E-state index contributed by atoms with van der Waals surface area (Å²) >= 11 is -0.162. The molecule has 0 fully saturated rings. The van der Waals surface area contributed by atoms with Crippen LogP contribution in [0.1, 0.15) is 0 Å². The number of benzene rings is 1. The molecule has 0 saturated heterocycles. The standard InChI is InChI=1S/C17H10FN3OSe/c18-15-8-7-11(10-20-15)12-5-3-9-19-16(12)21-17(22)13-4-1-2-6-14(13)23-21/h1-10H. The Bertz CT molecular complexity index is 1050. The molecule has 0 aliphatic rings. The molecule has 0 atom stereocenters. The van der Waals surface area contributed by atoms with Gasteiger partial charge in [-0.1, -0.05) is 0 Å². The van der Waals surface area contributed by atoms with Gasteiger partial charge in [-0.05, 0) is 0 Å². The Morgan fingerprint density at radius 3 is 2.65 bits per heavy atom. The second-order valence-corrected chi connectivity index (χ2v) is 7.00. The van der Waals surface area contributed by atoms with E-state index in [2.05, 4.69) is 9.97 Å². The van der Waals surface area contributed by atoms with Crippen molar-refractivity contribution >= 4 is 24.4 Å². The van der Waals surface area contributed by atoms with Crippen molar-refractivity contribution in [2.45, 2.75) is 0 Å². The van der Waals surface area contributed by atoms with E-state index in [0.29, 0.717) is 5.82 Å². The Labute approximate surface area is 136 Å². The van der Waals surface area contributed by atoms with Crippen LogP contribution in [0.5, 0.6) is 0 Å². The number of hydrogen-bond acceptors (Lipinski definition) is 3. The zero-order valence-electron chi connectivity index (χ0n) is 11.8. The fourth-order valence-corrected chi connectivity index (χ4v) is 4.54. The molecule has 4 aromatic rings. The summed E-state index contributed by atoms with van der Waals surface area (Å²) in [4.78, 5) is 20.7. The zero-order chi connectivity index (χ0) is 15.8. The van der Waals surface area contributed by atoms with Crippen molar-refractivity contribution in [1.29, 1.82) is 0 Å². The Hall–Kier alpha value is -2.56. The van der Waals surface area contributed by atoms with Crippen LogP contribution in [0.25, 0.3) is 26.6 Å². The third kappa shape index (κ3) is 2.42. The number of nitrogens with zero attached hydrogens (tertiary/aromatic N) is 3. The summed E-state index contributed by atoms with van der Waals surface area (Å²) in [5.41, 5.74) is 1.45. The number of hydrogen-bond donors (Lipinski definition) is 0. The van der Waals surface area contributed by atoms with E-state index in [-0.39, 0.29) is 20.3 Å². The van der Waals surface area contributed by atoms with Gasteiger partial charge in [0.05, 0.1) is 0 Å². The summed E-state index contributed by atoms with van der Waals surface area (Å²) in [5, 5.41) is 0.723. The summed E-state index contributed by atoms with van der Waals surface area (Å²) in [5.74, 6) is 0.0511. The van der Waals surface area contributed by atoms with E-state index >= 15 is 0 Å².